The lowest BCUT2D eigenvalue weighted by molar-refractivity contribution is -0.120. The normalized spacial score (nSPS) is 16.5. The standard InChI is InChI=1S/C20H21FN2O3S/c21-18-8-4-5-9-19(18)22-20(24)17-10-13-23(14-11-17)27(25,26)15-12-16-6-2-1-3-7-16/h1-9,12,15,17H,10-11,13-14H2,(H,22,24)/b15-12+. The first-order valence-electron chi connectivity index (χ1n) is 8.74. The zero-order chi connectivity index (χ0) is 19.3. The fourth-order valence-electron chi connectivity index (χ4n) is 2.98. The van der Waals surface area contributed by atoms with Gasteiger partial charge in [-0.1, -0.05) is 42.5 Å². The van der Waals surface area contributed by atoms with Gasteiger partial charge >= 0.3 is 0 Å². The second-order valence-corrected chi connectivity index (χ2v) is 8.22. The molecule has 1 saturated heterocycles. The molecule has 1 aliphatic rings. The van der Waals surface area contributed by atoms with E-state index in [2.05, 4.69) is 5.32 Å². The van der Waals surface area contributed by atoms with Gasteiger partial charge in [-0.2, -0.15) is 4.31 Å². The lowest BCUT2D eigenvalue weighted by Crippen LogP contribution is -2.40. The molecule has 142 valence electrons. The van der Waals surface area contributed by atoms with Crippen molar-refractivity contribution >= 4 is 27.7 Å². The molecule has 5 nitrogen and oxygen atoms in total. The highest BCUT2D eigenvalue weighted by molar-refractivity contribution is 7.92. The van der Waals surface area contributed by atoms with Crippen LogP contribution in [0.3, 0.4) is 0 Å². The van der Waals surface area contributed by atoms with Crippen LogP contribution in [-0.4, -0.2) is 31.7 Å². The molecule has 1 aliphatic heterocycles. The molecule has 0 aliphatic carbocycles. The number of benzene rings is 2. The SMILES string of the molecule is O=C(Nc1ccccc1F)C1CCN(S(=O)(=O)/C=C/c2ccccc2)CC1. The van der Waals surface area contributed by atoms with Crippen molar-refractivity contribution in [2.75, 3.05) is 18.4 Å². The number of halogens is 1. The second-order valence-electron chi connectivity index (χ2n) is 6.40. The third kappa shape index (κ3) is 5.02. The van der Waals surface area contributed by atoms with Crippen molar-refractivity contribution in [3.63, 3.8) is 0 Å². The fraction of sp³-hybridized carbons (Fsp3) is 0.250. The minimum Gasteiger partial charge on any atom is -0.323 e. The van der Waals surface area contributed by atoms with Gasteiger partial charge in [0.15, 0.2) is 0 Å². The van der Waals surface area contributed by atoms with Crippen molar-refractivity contribution in [1.82, 2.24) is 4.31 Å². The summed E-state index contributed by atoms with van der Waals surface area (Å²) < 4.78 is 39.9. The molecule has 0 aromatic heterocycles. The molecule has 2 aromatic rings. The molecular formula is C20H21FN2O3S. The van der Waals surface area contributed by atoms with E-state index in [0.717, 1.165) is 5.56 Å². The van der Waals surface area contributed by atoms with Gasteiger partial charge in [-0.25, -0.2) is 12.8 Å². The number of nitrogens with one attached hydrogen (secondary N) is 1. The minimum absolute atomic E-state index is 0.142. The Morgan fingerprint density at radius 1 is 1.04 bits per heavy atom. The van der Waals surface area contributed by atoms with Crippen molar-refractivity contribution < 1.29 is 17.6 Å². The van der Waals surface area contributed by atoms with E-state index in [-0.39, 0.29) is 30.6 Å². The molecule has 27 heavy (non-hydrogen) atoms. The van der Waals surface area contributed by atoms with Crippen LogP contribution in [0.5, 0.6) is 0 Å². The first-order valence-corrected chi connectivity index (χ1v) is 10.2. The Morgan fingerprint density at radius 3 is 2.33 bits per heavy atom. The van der Waals surface area contributed by atoms with Crippen LogP contribution in [0.4, 0.5) is 10.1 Å². The molecule has 1 heterocycles. The third-order valence-electron chi connectivity index (χ3n) is 4.55. The Labute approximate surface area is 158 Å². The van der Waals surface area contributed by atoms with Gasteiger partial charge in [0.2, 0.25) is 15.9 Å². The van der Waals surface area contributed by atoms with Gasteiger partial charge in [0.1, 0.15) is 5.82 Å². The van der Waals surface area contributed by atoms with E-state index in [9.17, 15) is 17.6 Å². The summed E-state index contributed by atoms with van der Waals surface area (Å²) in [6.45, 7) is 0.521. The predicted molar refractivity (Wildman–Crippen MR) is 104 cm³/mol. The van der Waals surface area contributed by atoms with Crippen LogP contribution in [0.25, 0.3) is 6.08 Å². The molecule has 1 fully saturated rings. The summed E-state index contributed by atoms with van der Waals surface area (Å²) in [5.74, 6) is -1.11. The van der Waals surface area contributed by atoms with E-state index in [0.29, 0.717) is 12.8 Å². The summed E-state index contributed by atoms with van der Waals surface area (Å²) in [7, 11) is -3.54. The number of amides is 1. The smallest absolute Gasteiger partial charge is 0.236 e. The molecule has 0 radical (unpaired) electrons. The zero-order valence-electron chi connectivity index (χ0n) is 14.7. The largest absolute Gasteiger partial charge is 0.323 e. The minimum atomic E-state index is -3.54. The van der Waals surface area contributed by atoms with Gasteiger partial charge < -0.3 is 5.32 Å². The van der Waals surface area contributed by atoms with Gasteiger partial charge in [0.05, 0.1) is 5.69 Å². The van der Waals surface area contributed by atoms with Crippen LogP contribution >= 0.6 is 0 Å². The molecule has 0 bridgehead atoms. The number of hydrogen-bond acceptors (Lipinski definition) is 3. The monoisotopic (exact) mass is 388 g/mol. The summed E-state index contributed by atoms with van der Waals surface area (Å²) >= 11 is 0. The highest BCUT2D eigenvalue weighted by Crippen LogP contribution is 2.23. The second kappa shape index (κ2) is 8.45. The topological polar surface area (TPSA) is 66.5 Å². The summed E-state index contributed by atoms with van der Waals surface area (Å²) in [4.78, 5) is 12.3. The van der Waals surface area contributed by atoms with Gasteiger partial charge in [-0.05, 0) is 36.6 Å². The first kappa shape index (κ1) is 19.3. The number of rotatable bonds is 5. The first-order chi connectivity index (χ1) is 13.0. The summed E-state index contributed by atoms with van der Waals surface area (Å²) in [6, 6.07) is 15.2. The van der Waals surface area contributed by atoms with Gasteiger partial charge in [0.25, 0.3) is 0 Å². The molecule has 1 amide bonds. The number of carbonyl (C=O) groups is 1. The number of piperidine rings is 1. The fourth-order valence-corrected chi connectivity index (χ4v) is 4.21. The lowest BCUT2D eigenvalue weighted by atomic mass is 9.97. The Morgan fingerprint density at radius 2 is 1.67 bits per heavy atom. The van der Waals surface area contributed by atoms with E-state index >= 15 is 0 Å². The maximum absolute atomic E-state index is 13.7. The van der Waals surface area contributed by atoms with Crippen molar-refractivity contribution in [1.29, 1.82) is 0 Å². The maximum Gasteiger partial charge on any atom is 0.236 e. The Hall–Kier alpha value is -2.51. The lowest BCUT2D eigenvalue weighted by Gasteiger charge is -2.29. The van der Waals surface area contributed by atoms with Crippen LogP contribution in [0.15, 0.2) is 60.0 Å². The number of hydrogen-bond donors (Lipinski definition) is 1. The quantitative estimate of drug-likeness (QED) is 0.853. The van der Waals surface area contributed by atoms with Crippen LogP contribution < -0.4 is 5.32 Å². The van der Waals surface area contributed by atoms with Crippen LogP contribution in [0, 0.1) is 11.7 Å². The molecule has 0 spiro atoms. The van der Waals surface area contributed by atoms with Crippen molar-refractivity contribution in [2.24, 2.45) is 5.92 Å². The van der Waals surface area contributed by atoms with Crippen LogP contribution in [0.1, 0.15) is 18.4 Å². The number of sulfonamides is 1. The van der Waals surface area contributed by atoms with Crippen LogP contribution in [0.2, 0.25) is 0 Å². The molecule has 3 rings (SSSR count). The highest BCUT2D eigenvalue weighted by Gasteiger charge is 2.30. The average Bonchev–Trinajstić information content (AvgIpc) is 2.69. The molecule has 0 saturated carbocycles. The summed E-state index contributed by atoms with van der Waals surface area (Å²) in [5.41, 5.74) is 0.948. The van der Waals surface area contributed by atoms with Gasteiger partial charge in [-0.3, -0.25) is 4.79 Å². The Kier molecular flexibility index (Phi) is 6.03. The molecule has 1 N–H and O–H groups in total. The predicted octanol–water partition coefficient (Wildman–Crippen LogP) is 3.48. The van der Waals surface area contributed by atoms with Crippen molar-refractivity contribution in [3.05, 3.63) is 71.4 Å². The van der Waals surface area contributed by atoms with E-state index in [4.69, 9.17) is 0 Å². The van der Waals surface area contributed by atoms with Crippen molar-refractivity contribution in [3.8, 4) is 0 Å². The number of carbonyl (C=O) groups excluding carboxylic acids is 1. The molecule has 7 heteroatoms. The summed E-state index contributed by atoms with van der Waals surface area (Å²) in [5, 5.41) is 3.78. The van der Waals surface area contributed by atoms with Crippen LogP contribution in [-0.2, 0) is 14.8 Å². The Balaban J connectivity index is 1.57. The number of nitrogens with zero attached hydrogens (tertiary/aromatic N) is 1. The van der Waals surface area contributed by atoms with Crippen molar-refractivity contribution in [2.45, 2.75) is 12.8 Å². The molecular weight excluding hydrogens is 367 g/mol. The molecule has 2 aromatic carbocycles. The van der Waals surface area contributed by atoms with E-state index in [1.807, 2.05) is 30.3 Å². The third-order valence-corrected chi connectivity index (χ3v) is 6.11. The molecule has 0 atom stereocenters. The number of anilines is 1. The van der Waals surface area contributed by atoms with Gasteiger partial charge in [0, 0.05) is 24.4 Å². The van der Waals surface area contributed by atoms with Gasteiger partial charge in [-0.15, -0.1) is 0 Å². The van der Waals surface area contributed by atoms with E-state index in [1.165, 1.54) is 21.8 Å². The number of para-hydroxylation sites is 1. The van der Waals surface area contributed by atoms with E-state index < -0.39 is 15.8 Å². The zero-order valence-corrected chi connectivity index (χ0v) is 15.5. The Bertz CT molecular complexity index is 921. The average molecular weight is 388 g/mol. The highest BCUT2D eigenvalue weighted by atomic mass is 32.2. The maximum atomic E-state index is 13.7. The summed E-state index contributed by atoms with van der Waals surface area (Å²) in [6.07, 6.45) is 2.36. The van der Waals surface area contributed by atoms with E-state index in [1.54, 1.807) is 18.2 Å². The molecule has 0 unspecified atom stereocenters.